The van der Waals surface area contributed by atoms with E-state index in [0.29, 0.717) is 0 Å². The van der Waals surface area contributed by atoms with Gasteiger partial charge in [-0.2, -0.15) is 11.3 Å². The predicted molar refractivity (Wildman–Crippen MR) is 33.4 cm³/mol. The molecule has 0 fully saturated rings. The maximum absolute atomic E-state index is 3.73. The molecule has 1 rings (SSSR count). The third kappa shape index (κ3) is 1.03. The van der Waals surface area contributed by atoms with E-state index in [-0.39, 0.29) is 0 Å². The van der Waals surface area contributed by atoms with Crippen LogP contribution in [0.15, 0.2) is 16.8 Å². The zero-order chi connectivity index (χ0) is 5.11. The van der Waals surface area contributed by atoms with E-state index in [9.17, 15) is 0 Å². The minimum Gasteiger partial charge on any atom is -0.152 e. The highest BCUT2D eigenvalue weighted by Gasteiger charge is 1.82. The first-order valence-electron chi connectivity index (χ1n) is 2.24. The molecule has 0 N–H and O–H groups in total. The standard InChI is InChI=1S/C6H7S/c1-2-6-3-4-7-5-6/h3-5H,1-2H2. The Bertz CT molecular complexity index is 119. The first-order chi connectivity index (χ1) is 3.43. The van der Waals surface area contributed by atoms with Crippen molar-refractivity contribution in [2.45, 2.75) is 6.42 Å². The van der Waals surface area contributed by atoms with Gasteiger partial charge in [0.1, 0.15) is 0 Å². The summed E-state index contributed by atoms with van der Waals surface area (Å²) in [6.45, 7) is 3.73. The average molecular weight is 111 g/mol. The molecule has 0 aliphatic carbocycles. The van der Waals surface area contributed by atoms with Crippen LogP contribution in [0.2, 0.25) is 0 Å². The van der Waals surface area contributed by atoms with Crippen molar-refractivity contribution in [2.75, 3.05) is 0 Å². The van der Waals surface area contributed by atoms with Gasteiger partial charge in [0.2, 0.25) is 0 Å². The number of hydrogen-bond donors (Lipinski definition) is 0. The molecular formula is C6H7S. The Morgan fingerprint density at radius 2 is 2.57 bits per heavy atom. The molecule has 1 aromatic rings. The Hall–Kier alpha value is -0.300. The van der Waals surface area contributed by atoms with Crippen molar-refractivity contribution in [3.05, 3.63) is 29.3 Å². The molecule has 0 atom stereocenters. The minimum atomic E-state index is 0.920. The van der Waals surface area contributed by atoms with Crippen LogP contribution in [0.1, 0.15) is 5.56 Å². The average Bonchev–Trinajstić information content (AvgIpc) is 2.14. The molecule has 0 saturated carbocycles. The molecule has 0 aromatic carbocycles. The normalized spacial score (nSPS) is 9.29. The van der Waals surface area contributed by atoms with Gasteiger partial charge in [0, 0.05) is 0 Å². The van der Waals surface area contributed by atoms with Crippen LogP contribution >= 0.6 is 11.3 Å². The fourth-order valence-electron chi connectivity index (χ4n) is 0.435. The van der Waals surface area contributed by atoms with Gasteiger partial charge in [-0.3, -0.25) is 0 Å². The van der Waals surface area contributed by atoms with Crippen molar-refractivity contribution in [3.63, 3.8) is 0 Å². The maximum atomic E-state index is 3.73. The van der Waals surface area contributed by atoms with Crippen LogP contribution in [0.5, 0.6) is 0 Å². The lowest BCUT2D eigenvalue weighted by atomic mass is 10.3. The maximum Gasteiger partial charge on any atom is -0.00613 e. The monoisotopic (exact) mass is 111 g/mol. The Morgan fingerprint density at radius 3 is 2.86 bits per heavy atom. The van der Waals surface area contributed by atoms with Crippen molar-refractivity contribution >= 4 is 11.3 Å². The number of thiophene rings is 1. The SMILES string of the molecule is [CH2]Cc1ccsc1. The summed E-state index contributed by atoms with van der Waals surface area (Å²) in [7, 11) is 0. The van der Waals surface area contributed by atoms with Crippen LogP contribution in [0.3, 0.4) is 0 Å². The second-order valence-corrected chi connectivity index (χ2v) is 2.16. The molecule has 1 aromatic heterocycles. The summed E-state index contributed by atoms with van der Waals surface area (Å²) >= 11 is 1.72. The molecule has 0 nitrogen and oxygen atoms in total. The lowest BCUT2D eigenvalue weighted by Gasteiger charge is -1.78. The van der Waals surface area contributed by atoms with Crippen molar-refractivity contribution in [3.8, 4) is 0 Å². The highest BCUT2D eigenvalue weighted by atomic mass is 32.1. The molecule has 1 heterocycles. The van der Waals surface area contributed by atoms with E-state index in [1.165, 1.54) is 5.56 Å². The zero-order valence-electron chi connectivity index (χ0n) is 4.05. The lowest BCUT2D eigenvalue weighted by Crippen LogP contribution is -1.66. The van der Waals surface area contributed by atoms with Crippen LogP contribution in [-0.2, 0) is 6.42 Å². The molecule has 0 spiro atoms. The van der Waals surface area contributed by atoms with Crippen LogP contribution in [0, 0.1) is 6.92 Å². The molecule has 0 amide bonds. The van der Waals surface area contributed by atoms with E-state index >= 15 is 0 Å². The molecule has 1 radical (unpaired) electrons. The van der Waals surface area contributed by atoms with Gasteiger partial charge in [-0.25, -0.2) is 0 Å². The second-order valence-electron chi connectivity index (χ2n) is 1.38. The van der Waals surface area contributed by atoms with Gasteiger partial charge in [0.15, 0.2) is 0 Å². The third-order valence-electron chi connectivity index (χ3n) is 0.869. The van der Waals surface area contributed by atoms with Crippen molar-refractivity contribution in [2.24, 2.45) is 0 Å². The fourth-order valence-corrected chi connectivity index (χ4v) is 1.14. The molecule has 0 aliphatic heterocycles. The van der Waals surface area contributed by atoms with Crippen LogP contribution in [0.25, 0.3) is 0 Å². The second kappa shape index (κ2) is 2.12. The van der Waals surface area contributed by atoms with E-state index < -0.39 is 0 Å². The van der Waals surface area contributed by atoms with E-state index in [1.807, 2.05) is 0 Å². The third-order valence-corrected chi connectivity index (χ3v) is 1.60. The Balaban J connectivity index is 2.76. The first kappa shape index (κ1) is 4.85. The molecule has 0 aliphatic rings. The molecule has 0 saturated heterocycles. The predicted octanol–water partition coefficient (Wildman–Crippen LogP) is 2.12. The van der Waals surface area contributed by atoms with Crippen LogP contribution in [0.4, 0.5) is 0 Å². The summed E-state index contributed by atoms with van der Waals surface area (Å²) in [6.07, 6.45) is 0.920. The van der Waals surface area contributed by atoms with Gasteiger partial charge in [-0.05, 0) is 35.7 Å². The van der Waals surface area contributed by atoms with Gasteiger partial charge in [-0.15, -0.1) is 0 Å². The van der Waals surface area contributed by atoms with Gasteiger partial charge in [0.05, 0.1) is 0 Å². The molecule has 0 bridgehead atoms. The number of rotatable bonds is 1. The summed E-state index contributed by atoms with van der Waals surface area (Å²) < 4.78 is 0. The van der Waals surface area contributed by atoms with E-state index in [0.717, 1.165) is 6.42 Å². The van der Waals surface area contributed by atoms with Crippen LogP contribution < -0.4 is 0 Å². The van der Waals surface area contributed by atoms with E-state index in [4.69, 9.17) is 0 Å². The molecule has 1 heteroatoms. The first-order valence-corrected chi connectivity index (χ1v) is 3.18. The molecule has 37 valence electrons. The van der Waals surface area contributed by atoms with Gasteiger partial charge >= 0.3 is 0 Å². The Kier molecular flexibility index (Phi) is 1.47. The Labute approximate surface area is 47.8 Å². The quantitative estimate of drug-likeness (QED) is 0.520. The highest BCUT2D eigenvalue weighted by Crippen LogP contribution is 2.04. The van der Waals surface area contributed by atoms with Gasteiger partial charge < -0.3 is 0 Å². The smallest absolute Gasteiger partial charge is 0.00613 e. The number of hydrogen-bond acceptors (Lipinski definition) is 1. The summed E-state index contributed by atoms with van der Waals surface area (Å²) in [5.41, 5.74) is 1.34. The Morgan fingerprint density at radius 1 is 1.71 bits per heavy atom. The van der Waals surface area contributed by atoms with Crippen molar-refractivity contribution in [1.29, 1.82) is 0 Å². The topological polar surface area (TPSA) is 0 Å². The fraction of sp³-hybridized carbons (Fsp3) is 0.167. The highest BCUT2D eigenvalue weighted by molar-refractivity contribution is 7.07. The summed E-state index contributed by atoms with van der Waals surface area (Å²) in [4.78, 5) is 0. The largest absolute Gasteiger partial charge is 0.152 e. The lowest BCUT2D eigenvalue weighted by molar-refractivity contribution is 1.30. The molecular weight excluding hydrogens is 104 g/mol. The van der Waals surface area contributed by atoms with Crippen molar-refractivity contribution < 1.29 is 0 Å². The summed E-state index contributed by atoms with van der Waals surface area (Å²) in [6, 6.07) is 2.09. The van der Waals surface area contributed by atoms with E-state index in [2.05, 4.69) is 23.8 Å². The van der Waals surface area contributed by atoms with Gasteiger partial charge in [0.25, 0.3) is 0 Å². The van der Waals surface area contributed by atoms with Crippen LogP contribution in [-0.4, -0.2) is 0 Å². The molecule has 0 unspecified atom stereocenters. The van der Waals surface area contributed by atoms with E-state index in [1.54, 1.807) is 11.3 Å². The summed E-state index contributed by atoms with van der Waals surface area (Å²) in [5, 5.41) is 4.19. The summed E-state index contributed by atoms with van der Waals surface area (Å²) in [5.74, 6) is 0. The molecule has 7 heavy (non-hydrogen) atoms. The zero-order valence-corrected chi connectivity index (χ0v) is 4.87. The van der Waals surface area contributed by atoms with Gasteiger partial charge in [-0.1, -0.05) is 0 Å². The minimum absolute atomic E-state index is 0.920. The van der Waals surface area contributed by atoms with Crippen molar-refractivity contribution in [1.82, 2.24) is 0 Å².